The Hall–Kier alpha value is -3.43. The lowest BCUT2D eigenvalue weighted by Gasteiger charge is -2.13. The monoisotopic (exact) mass is 483 g/mol. The summed E-state index contributed by atoms with van der Waals surface area (Å²) in [6.45, 7) is 6.01. The van der Waals surface area contributed by atoms with Crippen molar-refractivity contribution >= 4 is 55.8 Å². The second-order valence-electron chi connectivity index (χ2n) is 7.36. The summed E-state index contributed by atoms with van der Waals surface area (Å²) in [6.07, 6.45) is 0. The number of carbonyl (C=O) groups is 2. The van der Waals surface area contributed by atoms with Gasteiger partial charge in [0.2, 0.25) is 0 Å². The van der Waals surface area contributed by atoms with Crippen molar-refractivity contribution in [1.82, 2.24) is 14.8 Å². The molecule has 0 fully saturated rings. The molecular formula is C23H22ClN5O3S. The first-order valence-corrected chi connectivity index (χ1v) is 11.4. The van der Waals surface area contributed by atoms with Gasteiger partial charge < -0.3 is 10.1 Å². The number of thiazole rings is 1. The van der Waals surface area contributed by atoms with Crippen LogP contribution in [0.15, 0.2) is 36.4 Å². The van der Waals surface area contributed by atoms with Crippen LogP contribution in [0.2, 0.25) is 5.15 Å². The molecule has 2 N–H and O–H groups in total. The summed E-state index contributed by atoms with van der Waals surface area (Å²) in [7, 11) is 1.66. The zero-order valence-corrected chi connectivity index (χ0v) is 20.1. The molecule has 2 heterocycles. The molecule has 0 aliphatic rings. The summed E-state index contributed by atoms with van der Waals surface area (Å²) in [4.78, 5) is 30.6. The number of amides is 2. The van der Waals surface area contributed by atoms with Crippen molar-refractivity contribution < 1.29 is 14.3 Å². The maximum absolute atomic E-state index is 13.1. The van der Waals surface area contributed by atoms with Crippen molar-refractivity contribution in [2.75, 3.05) is 17.2 Å². The molecular weight excluding hydrogens is 462 g/mol. The van der Waals surface area contributed by atoms with Gasteiger partial charge in [-0.3, -0.25) is 19.6 Å². The van der Waals surface area contributed by atoms with E-state index in [4.69, 9.17) is 16.3 Å². The molecule has 2 aromatic carbocycles. The van der Waals surface area contributed by atoms with E-state index < -0.39 is 5.91 Å². The third kappa shape index (κ3) is 4.55. The van der Waals surface area contributed by atoms with Crippen molar-refractivity contribution in [1.29, 1.82) is 0 Å². The lowest BCUT2D eigenvalue weighted by Crippen LogP contribution is -2.19. The summed E-state index contributed by atoms with van der Waals surface area (Å²) in [5.74, 6) is -0.0657. The summed E-state index contributed by atoms with van der Waals surface area (Å²) in [5, 5.41) is 10.5. The number of para-hydroxylation sites is 1. The van der Waals surface area contributed by atoms with Crippen LogP contribution in [0.5, 0.6) is 5.75 Å². The Morgan fingerprint density at radius 2 is 1.94 bits per heavy atom. The smallest absolute Gasteiger partial charge is 0.260 e. The van der Waals surface area contributed by atoms with Crippen LogP contribution >= 0.6 is 22.9 Å². The van der Waals surface area contributed by atoms with Gasteiger partial charge in [-0.15, -0.1) is 0 Å². The third-order valence-corrected chi connectivity index (χ3v) is 6.39. The van der Waals surface area contributed by atoms with Crippen molar-refractivity contribution in [3.8, 4) is 5.75 Å². The minimum Gasteiger partial charge on any atom is -0.494 e. The fraction of sp³-hybridized carbons (Fsp3) is 0.217. The summed E-state index contributed by atoms with van der Waals surface area (Å²) >= 11 is 7.59. The first-order valence-electron chi connectivity index (χ1n) is 10.2. The molecule has 0 saturated heterocycles. The first-order chi connectivity index (χ1) is 15.8. The molecule has 0 spiro atoms. The predicted octanol–water partition coefficient (Wildman–Crippen LogP) is 5.20. The number of rotatable bonds is 6. The standard InChI is InChI=1S/C23H22ClN5O3S/c1-5-32-14-9-10-16-17(11-14)33-23(25-16)27-21(30)15-8-6-7-12(2)19(15)26-22(31)18-13(3)28-29(4)20(18)24/h6-11H,5H2,1-4H3,(H,26,31)(H,25,27,30). The van der Waals surface area contributed by atoms with E-state index in [1.165, 1.54) is 16.0 Å². The minimum absolute atomic E-state index is 0.227. The lowest BCUT2D eigenvalue weighted by molar-refractivity contribution is 0.102. The number of fused-ring (bicyclic) bond motifs is 1. The van der Waals surface area contributed by atoms with Crippen LogP contribution in [-0.2, 0) is 7.05 Å². The number of hydrogen-bond donors (Lipinski definition) is 2. The quantitative estimate of drug-likeness (QED) is 0.392. The van der Waals surface area contributed by atoms with Gasteiger partial charge in [0, 0.05) is 7.05 Å². The number of hydrogen-bond acceptors (Lipinski definition) is 6. The Morgan fingerprint density at radius 1 is 1.15 bits per heavy atom. The molecule has 0 unspecified atom stereocenters. The molecule has 0 bridgehead atoms. The van der Waals surface area contributed by atoms with Crippen molar-refractivity contribution in [3.05, 3.63) is 63.9 Å². The van der Waals surface area contributed by atoms with E-state index >= 15 is 0 Å². The number of nitrogens with one attached hydrogen (secondary N) is 2. The van der Waals surface area contributed by atoms with Crippen molar-refractivity contribution in [2.45, 2.75) is 20.8 Å². The largest absolute Gasteiger partial charge is 0.494 e. The zero-order chi connectivity index (χ0) is 23.7. The second kappa shape index (κ2) is 9.21. The van der Waals surface area contributed by atoms with Crippen molar-refractivity contribution in [3.63, 3.8) is 0 Å². The van der Waals surface area contributed by atoms with E-state index in [0.717, 1.165) is 21.5 Å². The minimum atomic E-state index is -0.433. The van der Waals surface area contributed by atoms with Gasteiger partial charge in [-0.25, -0.2) is 4.98 Å². The molecule has 8 nitrogen and oxygen atoms in total. The Labute approximate surface area is 199 Å². The highest BCUT2D eigenvalue weighted by Gasteiger charge is 2.22. The van der Waals surface area contributed by atoms with Gasteiger partial charge in [-0.1, -0.05) is 35.1 Å². The molecule has 2 amide bonds. The normalized spacial score (nSPS) is 10.9. The van der Waals surface area contributed by atoms with E-state index in [9.17, 15) is 9.59 Å². The molecule has 4 rings (SSSR count). The number of anilines is 2. The molecule has 0 saturated carbocycles. The second-order valence-corrected chi connectivity index (χ2v) is 8.75. The van der Waals surface area contributed by atoms with Crippen molar-refractivity contribution in [2.24, 2.45) is 7.05 Å². The molecule has 2 aromatic heterocycles. The molecule has 33 heavy (non-hydrogen) atoms. The number of aromatic nitrogens is 3. The Bertz CT molecular complexity index is 1380. The average molecular weight is 484 g/mol. The maximum Gasteiger partial charge on any atom is 0.260 e. The van der Waals surface area contributed by atoms with Crippen LogP contribution in [-0.4, -0.2) is 33.2 Å². The van der Waals surface area contributed by atoms with Crippen LogP contribution < -0.4 is 15.4 Å². The molecule has 0 atom stereocenters. The topological polar surface area (TPSA) is 98.1 Å². The fourth-order valence-corrected chi connectivity index (χ4v) is 4.62. The van der Waals surface area contributed by atoms with Gasteiger partial charge in [0.05, 0.1) is 39.3 Å². The number of halogens is 1. The maximum atomic E-state index is 13.1. The lowest BCUT2D eigenvalue weighted by atomic mass is 10.1. The highest BCUT2D eigenvalue weighted by atomic mass is 35.5. The van der Waals surface area contributed by atoms with Crippen LogP contribution in [0.4, 0.5) is 10.8 Å². The Balaban J connectivity index is 1.60. The highest BCUT2D eigenvalue weighted by Crippen LogP contribution is 2.31. The number of benzene rings is 2. The molecule has 170 valence electrons. The molecule has 0 aliphatic carbocycles. The van der Waals surface area contributed by atoms with Gasteiger partial charge in [-0.2, -0.15) is 5.10 Å². The number of carbonyl (C=O) groups excluding carboxylic acids is 2. The van der Waals surface area contributed by atoms with Gasteiger partial charge in [-0.05, 0) is 50.6 Å². The summed E-state index contributed by atoms with van der Waals surface area (Å²) in [6, 6.07) is 10.8. The van der Waals surface area contributed by atoms with Crippen LogP contribution in [0.3, 0.4) is 0 Å². The van der Waals surface area contributed by atoms with Gasteiger partial charge in [0.15, 0.2) is 5.13 Å². The van der Waals surface area contributed by atoms with E-state index in [0.29, 0.717) is 28.7 Å². The first kappa shape index (κ1) is 22.8. The fourth-order valence-electron chi connectivity index (χ4n) is 3.47. The summed E-state index contributed by atoms with van der Waals surface area (Å²) in [5.41, 5.74) is 2.98. The van der Waals surface area contributed by atoms with Gasteiger partial charge in [0.1, 0.15) is 10.9 Å². The number of aryl methyl sites for hydroxylation is 3. The molecule has 0 radical (unpaired) electrons. The van der Waals surface area contributed by atoms with Crippen LogP contribution in [0, 0.1) is 13.8 Å². The molecule has 0 aliphatic heterocycles. The molecule has 4 aromatic rings. The average Bonchev–Trinajstić information content (AvgIpc) is 3.27. The Kier molecular flexibility index (Phi) is 6.35. The number of nitrogens with zero attached hydrogens (tertiary/aromatic N) is 3. The van der Waals surface area contributed by atoms with Gasteiger partial charge in [0.25, 0.3) is 11.8 Å². The summed E-state index contributed by atoms with van der Waals surface area (Å²) < 4.78 is 7.86. The zero-order valence-electron chi connectivity index (χ0n) is 18.5. The van der Waals surface area contributed by atoms with Crippen LogP contribution in [0.25, 0.3) is 10.2 Å². The van der Waals surface area contributed by atoms with E-state index in [1.54, 1.807) is 26.1 Å². The number of ether oxygens (including phenoxy) is 1. The Morgan fingerprint density at radius 3 is 2.64 bits per heavy atom. The SMILES string of the molecule is CCOc1ccc2nc(NC(=O)c3cccc(C)c3NC(=O)c3c(C)nn(C)c3Cl)sc2c1. The highest BCUT2D eigenvalue weighted by molar-refractivity contribution is 7.22. The third-order valence-electron chi connectivity index (χ3n) is 5.03. The van der Waals surface area contributed by atoms with E-state index in [2.05, 4.69) is 20.7 Å². The molecule has 10 heteroatoms. The van der Waals surface area contributed by atoms with Crippen LogP contribution in [0.1, 0.15) is 38.9 Å². The predicted molar refractivity (Wildman–Crippen MR) is 131 cm³/mol. The van der Waals surface area contributed by atoms with Gasteiger partial charge >= 0.3 is 0 Å². The van der Waals surface area contributed by atoms with E-state index in [1.807, 2.05) is 38.1 Å². The van der Waals surface area contributed by atoms with E-state index in [-0.39, 0.29) is 16.6 Å².